The molecule has 0 bridgehead atoms. The average Bonchev–Trinajstić information content (AvgIpc) is 3.34. The number of nitrogens with zero attached hydrogens (tertiary/aromatic N) is 4. The third kappa shape index (κ3) is 2.63. The number of aromatic nitrogens is 3. The van der Waals surface area contributed by atoms with Crippen LogP contribution in [0.15, 0.2) is 48.0 Å². The molecule has 0 saturated carbocycles. The summed E-state index contributed by atoms with van der Waals surface area (Å²) in [6.45, 7) is 2.76. The van der Waals surface area contributed by atoms with Gasteiger partial charge in [-0.3, -0.25) is 4.79 Å². The summed E-state index contributed by atoms with van der Waals surface area (Å²) in [6, 6.07) is 11.6. The van der Waals surface area contributed by atoms with Gasteiger partial charge >= 0.3 is 0 Å². The maximum absolute atomic E-state index is 13.1. The number of para-hydroxylation sites is 1. The smallest absolute Gasteiger partial charge is 0.273 e. The topological polar surface area (TPSA) is 51.0 Å². The van der Waals surface area contributed by atoms with Crippen LogP contribution in [0.1, 0.15) is 40.1 Å². The van der Waals surface area contributed by atoms with E-state index in [1.165, 1.54) is 0 Å². The zero-order chi connectivity index (χ0) is 16.5. The molecule has 0 unspecified atom stereocenters. The Labute approximate surface area is 144 Å². The quantitative estimate of drug-likeness (QED) is 0.733. The second kappa shape index (κ2) is 6.20. The molecule has 122 valence electrons. The molecular weight excluding hydrogens is 320 g/mol. The van der Waals surface area contributed by atoms with E-state index in [1.807, 2.05) is 42.2 Å². The van der Waals surface area contributed by atoms with Crippen LogP contribution in [0.3, 0.4) is 0 Å². The van der Waals surface area contributed by atoms with Crippen molar-refractivity contribution in [2.75, 3.05) is 6.54 Å². The number of carbonyl (C=O) groups is 1. The van der Waals surface area contributed by atoms with Gasteiger partial charge in [0.05, 0.1) is 28.6 Å². The van der Waals surface area contributed by atoms with E-state index in [0.717, 1.165) is 35.8 Å². The van der Waals surface area contributed by atoms with Crippen LogP contribution in [0.25, 0.3) is 5.69 Å². The number of thiazole rings is 1. The number of carbonyl (C=O) groups excluding carboxylic acids is 1. The molecule has 6 heteroatoms. The van der Waals surface area contributed by atoms with E-state index in [1.54, 1.807) is 28.3 Å². The van der Waals surface area contributed by atoms with Gasteiger partial charge < -0.3 is 4.90 Å². The van der Waals surface area contributed by atoms with Crippen molar-refractivity contribution in [3.8, 4) is 5.69 Å². The third-order valence-electron chi connectivity index (χ3n) is 4.35. The molecule has 5 nitrogen and oxygen atoms in total. The van der Waals surface area contributed by atoms with Crippen molar-refractivity contribution in [1.82, 2.24) is 19.7 Å². The predicted octanol–water partition coefficient (Wildman–Crippen LogP) is 3.61. The summed E-state index contributed by atoms with van der Waals surface area (Å²) in [4.78, 5) is 19.7. The summed E-state index contributed by atoms with van der Waals surface area (Å²) in [5, 5.41) is 7.45. The third-order valence-corrected chi connectivity index (χ3v) is 5.15. The highest BCUT2D eigenvalue weighted by molar-refractivity contribution is 7.09. The fourth-order valence-corrected chi connectivity index (χ4v) is 3.90. The molecule has 0 N–H and O–H groups in total. The molecule has 1 aliphatic rings. The first-order valence-corrected chi connectivity index (χ1v) is 8.94. The SMILES string of the molecule is Cc1nc([C@@H]2CCCN2C(=O)c2ccnn2-c2ccccc2)cs1. The van der Waals surface area contributed by atoms with Crippen LogP contribution in [0.4, 0.5) is 0 Å². The number of amides is 1. The summed E-state index contributed by atoms with van der Waals surface area (Å²) in [6.07, 6.45) is 3.65. The Morgan fingerprint density at radius 1 is 1.25 bits per heavy atom. The number of rotatable bonds is 3. The maximum atomic E-state index is 13.1. The molecule has 3 heterocycles. The van der Waals surface area contributed by atoms with E-state index in [9.17, 15) is 4.79 Å². The Bertz CT molecular complexity index is 855. The Morgan fingerprint density at radius 3 is 2.83 bits per heavy atom. The van der Waals surface area contributed by atoms with Crippen LogP contribution in [0.5, 0.6) is 0 Å². The minimum absolute atomic E-state index is 0.0181. The van der Waals surface area contributed by atoms with Crippen LogP contribution >= 0.6 is 11.3 Å². The molecule has 24 heavy (non-hydrogen) atoms. The molecule has 3 aromatic rings. The summed E-state index contributed by atoms with van der Waals surface area (Å²) < 4.78 is 1.71. The largest absolute Gasteiger partial charge is 0.329 e. The molecule has 1 amide bonds. The first kappa shape index (κ1) is 15.1. The van der Waals surface area contributed by atoms with Gasteiger partial charge in [-0.15, -0.1) is 11.3 Å². The predicted molar refractivity (Wildman–Crippen MR) is 93.4 cm³/mol. The molecule has 0 spiro atoms. The average molecular weight is 338 g/mol. The van der Waals surface area contributed by atoms with Crippen LogP contribution in [-0.4, -0.2) is 32.1 Å². The summed E-state index contributed by atoms with van der Waals surface area (Å²) >= 11 is 1.64. The molecule has 1 atom stereocenters. The Morgan fingerprint density at radius 2 is 2.08 bits per heavy atom. The van der Waals surface area contributed by atoms with Crippen molar-refractivity contribution in [3.63, 3.8) is 0 Å². The lowest BCUT2D eigenvalue weighted by atomic mass is 10.1. The van der Waals surface area contributed by atoms with E-state index in [0.29, 0.717) is 5.69 Å². The molecule has 1 aromatic carbocycles. The van der Waals surface area contributed by atoms with Gasteiger partial charge in [-0.05, 0) is 38.0 Å². The Balaban J connectivity index is 1.66. The number of hydrogen-bond donors (Lipinski definition) is 0. The molecule has 1 fully saturated rings. The molecule has 2 aromatic heterocycles. The highest BCUT2D eigenvalue weighted by Gasteiger charge is 2.33. The minimum atomic E-state index is 0.0181. The maximum Gasteiger partial charge on any atom is 0.273 e. The number of aryl methyl sites for hydroxylation is 1. The Hall–Kier alpha value is -2.47. The number of benzene rings is 1. The van der Waals surface area contributed by atoms with Crippen molar-refractivity contribution in [2.24, 2.45) is 0 Å². The molecular formula is C18H18N4OS. The van der Waals surface area contributed by atoms with Gasteiger partial charge in [0, 0.05) is 11.9 Å². The summed E-state index contributed by atoms with van der Waals surface area (Å²) in [7, 11) is 0. The van der Waals surface area contributed by atoms with Crippen molar-refractivity contribution in [3.05, 3.63) is 64.4 Å². The highest BCUT2D eigenvalue weighted by atomic mass is 32.1. The van der Waals surface area contributed by atoms with E-state index >= 15 is 0 Å². The van der Waals surface area contributed by atoms with Crippen LogP contribution in [0.2, 0.25) is 0 Å². The zero-order valence-electron chi connectivity index (χ0n) is 13.4. The number of hydrogen-bond acceptors (Lipinski definition) is 4. The zero-order valence-corrected chi connectivity index (χ0v) is 14.2. The van der Waals surface area contributed by atoms with Crippen molar-refractivity contribution < 1.29 is 4.79 Å². The van der Waals surface area contributed by atoms with Crippen molar-refractivity contribution in [1.29, 1.82) is 0 Å². The first-order valence-electron chi connectivity index (χ1n) is 8.06. The highest BCUT2D eigenvalue weighted by Crippen LogP contribution is 2.33. The fourth-order valence-electron chi connectivity index (χ4n) is 3.24. The summed E-state index contributed by atoms with van der Waals surface area (Å²) in [5.74, 6) is 0.0181. The number of likely N-dealkylation sites (tertiary alicyclic amines) is 1. The van der Waals surface area contributed by atoms with Crippen LogP contribution < -0.4 is 0 Å². The molecule has 0 aliphatic carbocycles. The van der Waals surface area contributed by atoms with Crippen LogP contribution in [-0.2, 0) is 0 Å². The monoisotopic (exact) mass is 338 g/mol. The van der Waals surface area contributed by atoms with Crippen LogP contribution in [0, 0.1) is 6.92 Å². The van der Waals surface area contributed by atoms with Gasteiger partial charge in [0.2, 0.25) is 0 Å². The van der Waals surface area contributed by atoms with Gasteiger partial charge in [-0.1, -0.05) is 18.2 Å². The molecule has 0 radical (unpaired) electrons. The van der Waals surface area contributed by atoms with E-state index in [-0.39, 0.29) is 11.9 Å². The lowest BCUT2D eigenvalue weighted by Crippen LogP contribution is -2.32. The Kier molecular flexibility index (Phi) is 3.90. The van der Waals surface area contributed by atoms with Gasteiger partial charge in [0.25, 0.3) is 5.91 Å². The second-order valence-electron chi connectivity index (χ2n) is 5.91. The van der Waals surface area contributed by atoms with E-state index in [2.05, 4.69) is 15.5 Å². The van der Waals surface area contributed by atoms with Crippen molar-refractivity contribution >= 4 is 17.2 Å². The van der Waals surface area contributed by atoms with Gasteiger partial charge in [0.15, 0.2) is 0 Å². The van der Waals surface area contributed by atoms with Gasteiger partial charge in [0.1, 0.15) is 5.69 Å². The first-order chi connectivity index (χ1) is 11.7. The van der Waals surface area contributed by atoms with E-state index < -0.39 is 0 Å². The molecule has 1 saturated heterocycles. The second-order valence-corrected chi connectivity index (χ2v) is 6.97. The molecule has 1 aliphatic heterocycles. The van der Waals surface area contributed by atoms with Gasteiger partial charge in [-0.2, -0.15) is 5.10 Å². The molecule has 4 rings (SSSR count). The van der Waals surface area contributed by atoms with E-state index in [4.69, 9.17) is 0 Å². The lowest BCUT2D eigenvalue weighted by molar-refractivity contribution is 0.0724. The summed E-state index contributed by atoms with van der Waals surface area (Å²) in [5.41, 5.74) is 2.50. The minimum Gasteiger partial charge on any atom is -0.329 e. The fraction of sp³-hybridized carbons (Fsp3) is 0.278. The van der Waals surface area contributed by atoms with Crippen molar-refractivity contribution in [2.45, 2.75) is 25.8 Å². The normalized spacial score (nSPS) is 17.4. The van der Waals surface area contributed by atoms with Gasteiger partial charge in [-0.25, -0.2) is 9.67 Å². The standard InChI is InChI=1S/C18H18N4OS/c1-13-20-15(12-24-13)16-8-5-11-21(16)18(23)17-9-10-19-22(17)14-6-3-2-4-7-14/h2-4,6-7,9-10,12,16H,5,8,11H2,1H3/t16-/m0/s1. The lowest BCUT2D eigenvalue weighted by Gasteiger charge is -2.23.